The average Bonchev–Trinajstić information content (AvgIpc) is 2.88. The zero-order valence-corrected chi connectivity index (χ0v) is 13.8. The Kier molecular flexibility index (Phi) is 6.33. The summed E-state index contributed by atoms with van der Waals surface area (Å²) in [7, 11) is 0. The van der Waals surface area contributed by atoms with Crippen molar-refractivity contribution < 1.29 is 4.79 Å². The highest BCUT2D eigenvalue weighted by Crippen LogP contribution is 2.29. The highest BCUT2D eigenvalue weighted by Gasteiger charge is 2.27. The Labute approximate surface area is 135 Å². The van der Waals surface area contributed by atoms with E-state index in [0.717, 1.165) is 16.9 Å². The number of nitrogens with zero attached hydrogens (tertiary/aromatic N) is 1. The van der Waals surface area contributed by atoms with Crippen LogP contribution < -0.4 is 11.1 Å². The zero-order chi connectivity index (χ0) is 14.6. The molecule has 1 amide bonds. The van der Waals surface area contributed by atoms with Gasteiger partial charge in [0.25, 0.3) is 0 Å². The Morgan fingerprint density at radius 1 is 1.38 bits per heavy atom. The molecule has 0 aliphatic heterocycles. The highest BCUT2D eigenvalue weighted by atomic mass is 35.5. The van der Waals surface area contributed by atoms with E-state index in [1.807, 2.05) is 37.3 Å². The largest absolute Gasteiger partial charge is 0.318 e. The molecule has 0 fully saturated rings. The van der Waals surface area contributed by atoms with E-state index in [2.05, 4.69) is 10.3 Å². The van der Waals surface area contributed by atoms with Gasteiger partial charge in [-0.2, -0.15) is 0 Å². The molecule has 1 aromatic heterocycles. The first-order valence-electron chi connectivity index (χ1n) is 6.64. The third-order valence-electron chi connectivity index (χ3n) is 3.07. The van der Waals surface area contributed by atoms with Gasteiger partial charge in [-0.1, -0.05) is 55.0 Å². The lowest BCUT2D eigenvalue weighted by Crippen LogP contribution is -2.48. The maximum atomic E-state index is 12.1. The number of hydrogen-bond donors (Lipinski definition) is 2. The third-order valence-corrected chi connectivity index (χ3v) is 4.03. The minimum absolute atomic E-state index is 0. The van der Waals surface area contributed by atoms with Crippen LogP contribution in [0.2, 0.25) is 0 Å². The van der Waals surface area contributed by atoms with Gasteiger partial charge in [-0.25, -0.2) is 4.98 Å². The van der Waals surface area contributed by atoms with Gasteiger partial charge in [0.15, 0.2) is 5.13 Å². The summed E-state index contributed by atoms with van der Waals surface area (Å²) in [6.45, 7) is 3.76. The first-order valence-corrected chi connectivity index (χ1v) is 7.46. The van der Waals surface area contributed by atoms with E-state index < -0.39 is 5.54 Å². The third kappa shape index (κ3) is 4.52. The van der Waals surface area contributed by atoms with Crippen molar-refractivity contribution in [3.05, 3.63) is 36.5 Å². The van der Waals surface area contributed by atoms with E-state index in [9.17, 15) is 4.79 Å². The fourth-order valence-corrected chi connectivity index (χ4v) is 2.76. The molecule has 114 valence electrons. The summed E-state index contributed by atoms with van der Waals surface area (Å²) in [6.07, 6.45) is 3.28. The van der Waals surface area contributed by atoms with E-state index in [1.165, 1.54) is 11.3 Å². The molecule has 0 aliphatic rings. The van der Waals surface area contributed by atoms with Gasteiger partial charge in [0.1, 0.15) is 0 Å². The lowest BCUT2D eigenvalue weighted by Gasteiger charge is -2.21. The number of amides is 1. The molecule has 1 aromatic carbocycles. The number of aromatic nitrogens is 1. The topological polar surface area (TPSA) is 68.0 Å². The Bertz CT molecular complexity index is 584. The number of rotatable bonds is 5. The molecule has 0 bridgehead atoms. The first-order chi connectivity index (χ1) is 9.53. The van der Waals surface area contributed by atoms with Crippen molar-refractivity contribution in [2.45, 2.75) is 32.2 Å². The van der Waals surface area contributed by atoms with Gasteiger partial charge in [0, 0.05) is 6.20 Å². The summed E-state index contributed by atoms with van der Waals surface area (Å²) < 4.78 is 0. The normalized spacial score (nSPS) is 13.1. The predicted molar refractivity (Wildman–Crippen MR) is 90.9 cm³/mol. The number of carbonyl (C=O) groups excluding carboxylic acids is 1. The minimum atomic E-state index is -0.854. The van der Waals surface area contributed by atoms with Crippen LogP contribution >= 0.6 is 23.7 Å². The molecular formula is C15H20ClN3OS. The van der Waals surface area contributed by atoms with Crippen molar-refractivity contribution in [2.75, 3.05) is 5.32 Å². The summed E-state index contributed by atoms with van der Waals surface area (Å²) >= 11 is 1.45. The smallest absolute Gasteiger partial charge is 0.245 e. The second-order valence-electron chi connectivity index (χ2n) is 5.02. The van der Waals surface area contributed by atoms with Gasteiger partial charge in [-0.3, -0.25) is 4.79 Å². The summed E-state index contributed by atoms with van der Waals surface area (Å²) in [4.78, 5) is 17.4. The van der Waals surface area contributed by atoms with E-state index >= 15 is 0 Å². The second-order valence-corrected chi connectivity index (χ2v) is 6.05. The molecule has 0 spiro atoms. The van der Waals surface area contributed by atoms with Gasteiger partial charge in [-0.05, 0) is 18.9 Å². The Hall–Kier alpha value is -1.43. The Balaban J connectivity index is 0.00000220. The number of nitrogens with one attached hydrogen (secondary N) is 1. The quantitative estimate of drug-likeness (QED) is 0.881. The van der Waals surface area contributed by atoms with Crippen LogP contribution in [-0.2, 0) is 4.79 Å². The minimum Gasteiger partial charge on any atom is -0.318 e. The van der Waals surface area contributed by atoms with Crippen molar-refractivity contribution in [3.8, 4) is 10.4 Å². The van der Waals surface area contributed by atoms with Gasteiger partial charge in [0.2, 0.25) is 5.91 Å². The number of benzene rings is 1. The van der Waals surface area contributed by atoms with Crippen LogP contribution in [-0.4, -0.2) is 16.4 Å². The molecule has 6 heteroatoms. The lowest BCUT2D eigenvalue weighted by molar-refractivity contribution is -0.120. The molecular weight excluding hydrogens is 306 g/mol. The van der Waals surface area contributed by atoms with Crippen molar-refractivity contribution in [2.24, 2.45) is 5.73 Å². The fraction of sp³-hybridized carbons (Fsp3) is 0.333. The molecule has 0 saturated heterocycles. The average molecular weight is 326 g/mol. The van der Waals surface area contributed by atoms with Crippen LogP contribution in [0.4, 0.5) is 5.13 Å². The zero-order valence-electron chi connectivity index (χ0n) is 12.1. The monoisotopic (exact) mass is 325 g/mol. The SMILES string of the molecule is CCCC(C)(N)C(=O)Nc1ncc(-c2ccccc2)s1.Cl. The van der Waals surface area contributed by atoms with Gasteiger partial charge >= 0.3 is 0 Å². The summed E-state index contributed by atoms with van der Waals surface area (Å²) in [6, 6.07) is 9.96. The highest BCUT2D eigenvalue weighted by molar-refractivity contribution is 7.19. The maximum absolute atomic E-state index is 12.1. The first kappa shape index (κ1) is 17.6. The second kappa shape index (κ2) is 7.54. The molecule has 1 atom stereocenters. The van der Waals surface area contributed by atoms with Crippen LogP contribution in [0.25, 0.3) is 10.4 Å². The summed E-state index contributed by atoms with van der Waals surface area (Å²) in [5.74, 6) is -0.187. The van der Waals surface area contributed by atoms with Gasteiger partial charge in [-0.15, -0.1) is 12.4 Å². The van der Waals surface area contributed by atoms with Crippen LogP contribution in [0.1, 0.15) is 26.7 Å². The molecule has 4 nitrogen and oxygen atoms in total. The predicted octanol–water partition coefficient (Wildman–Crippen LogP) is 3.69. The molecule has 1 heterocycles. The van der Waals surface area contributed by atoms with Crippen molar-refractivity contribution in [3.63, 3.8) is 0 Å². The number of carbonyl (C=O) groups is 1. The van der Waals surface area contributed by atoms with Crippen molar-refractivity contribution >= 4 is 34.8 Å². The van der Waals surface area contributed by atoms with Gasteiger partial charge in [0.05, 0.1) is 10.4 Å². The molecule has 2 rings (SSSR count). The Morgan fingerprint density at radius 2 is 2.05 bits per heavy atom. The number of nitrogens with two attached hydrogens (primary N) is 1. The Morgan fingerprint density at radius 3 is 2.67 bits per heavy atom. The number of anilines is 1. The molecule has 0 aliphatic carbocycles. The van der Waals surface area contributed by atoms with Crippen molar-refractivity contribution in [1.82, 2.24) is 4.98 Å². The van der Waals surface area contributed by atoms with E-state index in [-0.39, 0.29) is 18.3 Å². The van der Waals surface area contributed by atoms with E-state index in [0.29, 0.717) is 11.6 Å². The number of thiazole rings is 1. The van der Waals surface area contributed by atoms with Gasteiger partial charge < -0.3 is 11.1 Å². The van der Waals surface area contributed by atoms with Crippen LogP contribution in [0.3, 0.4) is 0 Å². The van der Waals surface area contributed by atoms with Crippen molar-refractivity contribution in [1.29, 1.82) is 0 Å². The molecule has 0 saturated carbocycles. The molecule has 21 heavy (non-hydrogen) atoms. The lowest BCUT2D eigenvalue weighted by atomic mass is 9.97. The molecule has 1 unspecified atom stereocenters. The van der Waals surface area contributed by atoms with E-state index in [1.54, 1.807) is 13.1 Å². The summed E-state index contributed by atoms with van der Waals surface area (Å²) in [5.41, 5.74) is 6.24. The number of hydrogen-bond acceptors (Lipinski definition) is 4. The van der Waals surface area contributed by atoms with Crippen LogP contribution in [0, 0.1) is 0 Å². The standard InChI is InChI=1S/C15H19N3OS.ClH/c1-3-9-15(2,16)13(19)18-14-17-10-12(20-14)11-7-5-4-6-8-11;/h4-8,10H,3,9,16H2,1-2H3,(H,17,18,19);1H. The van der Waals surface area contributed by atoms with Crippen LogP contribution in [0.5, 0.6) is 0 Å². The van der Waals surface area contributed by atoms with E-state index in [4.69, 9.17) is 5.73 Å². The molecule has 0 radical (unpaired) electrons. The summed E-state index contributed by atoms with van der Waals surface area (Å²) in [5, 5.41) is 3.39. The molecule has 3 N–H and O–H groups in total. The maximum Gasteiger partial charge on any atom is 0.245 e. The fourth-order valence-electron chi connectivity index (χ4n) is 1.94. The van der Waals surface area contributed by atoms with Crippen LogP contribution in [0.15, 0.2) is 36.5 Å². The number of halogens is 1. The molecule has 2 aromatic rings.